The number of amides is 1. The Kier molecular flexibility index (Phi) is 3.20. The Hall–Kier alpha value is -2.57. The van der Waals surface area contributed by atoms with E-state index in [4.69, 9.17) is 5.73 Å². The van der Waals surface area contributed by atoms with Crippen molar-refractivity contribution in [3.8, 4) is 0 Å². The monoisotopic (exact) mass is 230 g/mol. The molecule has 0 aromatic carbocycles. The van der Waals surface area contributed by atoms with E-state index in [1.165, 1.54) is 18.5 Å². The molecule has 0 aliphatic heterocycles. The quantitative estimate of drug-likeness (QED) is 0.754. The molecule has 0 radical (unpaired) electrons. The second kappa shape index (κ2) is 4.97. The van der Waals surface area contributed by atoms with E-state index in [1.807, 2.05) is 0 Å². The highest BCUT2D eigenvalue weighted by molar-refractivity contribution is 5.92. The zero-order valence-corrected chi connectivity index (χ0v) is 8.87. The van der Waals surface area contributed by atoms with Crippen LogP contribution in [-0.4, -0.2) is 26.1 Å². The Labute approximate surface area is 97.1 Å². The van der Waals surface area contributed by atoms with Crippen molar-refractivity contribution < 1.29 is 4.79 Å². The van der Waals surface area contributed by atoms with Crippen LogP contribution in [0.3, 0.4) is 0 Å². The molecular formula is C10H10N6O. The molecule has 0 fully saturated rings. The van der Waals surface area contributed by atoms with Crippen molar-refractivity contribution in [3.63, 3.8) is 0 Å². The van der Waals surface area contributed by atoms with Crippen LogP contribution in [0.4, 0.5) is 5.82 Å². The molecule has 2 aromatic heterocycles. The summed E-state index contributed by atoms with van der Waals surface area (Å²) in [5.41, 5.74) is 6.30. The van der Waals surface area contributed by atoms with Crippen LogP contribution in [0.15, 0.2) is 30.7 Å². The third kappa shape index (κ3) is 2.94. The summed E-state index contributed by atoms with van der Waals surface area (Å²) < 4.78 is 0. The molecule has 0 atom stereocenters. The van der Waals surface area contributed by atoms with Gasteiger partial charge in [0.1, 0.15) is 12.1 Å². The van der Waals surface area contributed by atoms with Gasteiger partial charge in [-0.1, -0.05) is 0 Å². The van der Waals surface area contributed by atoms with E-state index in [2.05, 4.69) is 25.5 Å². The molecular weight excluding hydrogens is 220 g/mol. The van der Waals surface area contributed by atoms with Gasteiger partial charge in [0.15, 0.2) is 5.69 Å². The maximum Gasteiger partial charge on any atom is 0.272 e. The number of nitrogens with one attached hydrogen (secondary N) is 1. The van der Waals surface area contributed by atoms with Gasteiger partial charge in [0.05, 0.1) is 12.2 Å². The van der Waals surface area contributed by atoms with Gasteiger partial charge in [-0.15, -0.1) is 10.2 Å². The maximum absolute atomic E-state index is 11.6. The van der Waals surface area contributed by atoms with Crippen molar-refractivity contribution in [1.82, 2.24) is 25.5 Å². The Bertz CT molecular complexity index is 498. The SMILES string of the molecule is Nc1ccc(C(=O)NCc2ccncn2)nn1. The second-order valence-electron chi connectivity index (χ2n) is 3.23. The van der Waals surface area contributed by atoms with Crippen LogP contribution in [0.5, 0.6) is 0 Å². The van der Waals surface area contributed by atoms with Crippen molar-refractivity contribution in [3.05, 3.63) is 42.1 Å². The average Bonchev–Trinajstić information content (AvgIpc) is 2.38. The summed E-state index contributed by atoms with van der Waals surface area (Å²) >= 11 is 0. The average molecular weight is 230 g/mol. The number of hydrogen-bond donors (Lipinski definition) is 2. The van der Waals surface area contributed by atoms with E-state index >= 15 is 0 Å². The first-order valence-corrected chi connectivity index (χ1v) is 4.88. The van der Waals surface area contributed by atoms with Gasteiger partial charge in [-0.2, -0.15) is 0 Å². The van der Waals surface area contributed by atoms with Crippen molar-refractivity contribution in [2.45, 2.75) is 6.54 Å². The van der Waals surface area contributed by atoms with Crippen LogP contribution < -0.4 is 11.1 Å². The number of hydrogen-bond acceptors (Lipinski definition) is 6. The van der Waals surface area contributed by atoms with E-state index in [1.54, 1.807) is 12.3 Å². The Morgan fingerprint density at radius 3 is 2.82 bits per heavy atom. The number of carbonyl (C=O) groups is 1. The number of carbonyl (C=O) groups excluding carboxylic acids is 1. The molecule has 0 bridgehead atoms. The molecule has 0 spiro atoms. The van der Waals surface area contributed by atoms with Gasteiger partial charge in [0.2, 0.25) is 0 Å². The molecule has 0 aliphatic carbocycles. The number of nitrogens with two attached hydrogens (primary N) is 1. The minimum Gasteiger partial charge on any atom is -0.382 e. The van der Waals surface area contributed by atoms with Crippen LogP contribution in [0, 0.1) is 0 Å². The molecule has 86 valence electrons. The number of rotatable bonds is 3. The van der Waals surface area contributed by atoms with Gasteiger partial charge < -0.3 is 11.1 Å². The first-order valence-electron chi connectivity index (χ1n) is 4.88. The topological polar surface area (TPSA) is 107 Å². The molecule has 7 nitrogen and oxygen atoms in total. The Morgan fingerprint density at radius 1 is 1.29 bits per heavy atom. The second-order valence-corrected chi connectivity index (χ2v) is 3.23. The third-order valence-electron chi connectivity index (χ3n) is 1.99. The van der Waals surface area contributed by atoms with Gasteiger partial charge in [-0.25, -0.2) is 9.97 Å². The number of nitrogens with zero attached hydrogens (tertiary/aromatic N) is 4. The molecule has 0 unspecified atom stereocenters. The van der Waals surface area contributed by atoms with Gasteiger partial charge >= 0.3 is 0 Å². The lowest BCUT2D eigenvalue weighted by Gasteiger charge is -2.03. The summed E-state index contributed by atoms with van der Waals surface area (Å²) in [6.07, 6.45) is 3.03. The van der Waals surface area contributed by atoms with Crippen LogP contribution in [0.25, 0.3) is 0 Å². The van der Waals surface area contributed by atoms with Crippen LogP contribution in [-0.2, 0) is 6.54 Å². The van der Waals surface area contributed by atoms with Crippen molar-refractivity contribution in [2.24, 2.45) is 0 Å². The largest absolute Gasteiger partial charge is 0.382 e. The molecule has 17 heavy (non-hydrogen) atoms. The highest BCUT2D eigenvalue weighted by Crippen LogP contribution is 1.98. The normalized spacial score (nSPS) is 9.88. The predicted molar refractivity (Wildman–Crippen MR) is 59.6 cm³/mol. The Morgan fingerprint density at radius 2 is 2.18 bits per heavy atom. The maximum atomic E-state index is 11.6. The van der Waals surface area contributed by atoms with Crippen LogP contribution in [0.1, 0.15) is 16.2 Å². The predicted octanol–water partition coefficient (Wildman–Crippen LogP) is -0.221. The summed E-state index contributed by atoms with van der Waals surface area (Å²) in [7, 11) is 0. The zero-order chi connectivity index (χ0) is 12.1. The zero-order valence-electron chi connectivity index (χ0n) is 8.87. The summed E-state index contributed by atoms with van der Waals surface area (Å²) in [5, 5.41) is 9.93. The molecule has 7 heteroatoms. The fourth-order valence-electron chi connectivity index (χ4n) is 1.15. The first kappa shape index (κ1) is 10.9. The summed E-state index contributed by atoms with van der Waals surface area (Å²) in [4.78, 5) is 19.4. The molecule has 2 aromatic rings. The lowest BCUT2D eigenvalue weighted by Crippen LogP contribution is -2.24. The van der Waals surface area contributed by atoms with E-state index in [0.717, 1.165) is 5.69 Å². The fourth-order valence-corrected chi connectivity index (χ4v) is 1.15. The standard InChI is InChI=1S/C10H10N6O/c11-9-2-1-8(15-16-9)10(17)13-5-7-3-4-12-6-14-7/h1-4,6H,5H2,(H2,11,16)(H,13,17). The van der Waals surface area contributed by atoms with E-state index in [-0.39, 0.29) is 17.4 Å². The van der Waals surface area contributed by atoms with E-state index in [9.17, 15) is 4.79 Å². The number of anilines is 1. The smallest absolute Gasteiger partial charge is 0.272 e. The molecule has 0 saturated heterocycles. The lowest BCUT2D eigenvalue weighted by molar-refractivity contribution is 0.0944. The molecule has 1 amide bonds. The molecule has 0 saturated carbocycles. The van der Waals surface area contributed by atoms with E-state index in [0.29, 0.717) is 6.54 Å². The van der Waals surface area contributed by atoms with Crippen molar-refractivity contribution in [2.75, 3.05) is 5.73 Å². The molecule has 0 aliphatic rings. The highest BCUT2D eigenvalue weighted by atomic mass is 16.1. The molecule has 2 heterocycles. The summed E-state index contributed by atoms with van der Waals surface area (Å²) in [6.45, 7) is 0.313. The highest BCUT2D eigenvalue weighted by Gasteiger charge is 2.07. The van der Waals surface area contributed by atoms with Crippen molar-refractivity contribution >= 4 is 11.7 Å². The first-order chi connectivity index (χ1) is 8.25. The van der Waals surface area contributed by atoms with Gasteiger partial charge in [-0.3, -0.25) is 4.79 Å². The minimum atomic E-state index is -0.323. The van der Waals surface area contributed by atoms with Crippen molar-refractivity contribution in [1.29, 1.82) is 0 Å². The van der Waals surface area contributed by atoms with Gasteiger partial charge in [0, 0.05) is 6.20 Å². The number of aromatic nitrogens is 4. The summed E-state index contributed by atoms with van der Waals surface area (Å²) in [5.74, 6) is -0.0477. The Balaban J connectivity index is 1.96. The molecule has 2 rings (SSSR count). The summed E-state index contributed by atoms with van der Waals surface area (Å²) in [6, 6.07) is 4.75. The number of nitrogen functional groups attached to an aromatic ring is 1. The lowest BCUT2D eigenvalue weighted by atomic mass is 10.3. The fraction of sp³-hybridized carbons (Fsp3) is 0.100. The van der Waals surface area contributed by atoms with E-state index < -0.39 is 0 Å². The molecule has 3 N–H and O–H groups in total. The van der Waals surface area contributed by atoms with Crippen LogP contribution >= 0.6 is 0 Å². The van der Waals surface area contributed by atoms with Gasteiger partial charge in [-0.05, 0) is 18.2 Å². The van der Waals surface area contributed by atoms with Crippen LogP contribution in [0.2, 0.25) is 0 Å². The van der Waals surface area contributed by atoms with Gasteiger partial charge in [0.25, 0.3) is 5.91 Å². The third-order valence-corrected chi connectivity index (χ3v) is 1.99. The minimum absolute atomic E-state index is 0.216.